The Morgan fingerprint density at radius 1 is 1.54 bits per heavy atom. The number of likely N-dealkylation sites (N-methyl/N-ethyl adjacent to an activating group) is 1. The van der Waals surface area contributed by atoms with Crippen LogP contribution in [0, 0.1) is 0 Å². The third-order valence-electron chi connectivity index (χ3n) is 2.46. The summed E-state index contributed by atoms with van der Waals surface area (Å²) in [5.74, 6) is 1.27. The van der Waals surface area contributed by atoms with E-state index in [1.54, 1.807) is 0 Å². The first-order valence-corrected chi connectivity index (χ1v) is 6.04. The maximum Gasteiger partial charge on any atom is 0.0226 e. The second-order valence-corrected chi connectivity index (χ2v) is 6.41. The van der Waals surface area contributed by atoms with Crippen LogP contribution in [0.15, 0.2) is 0 Å². The summed E-state index contributed by atoms with van der Waals surface area (Å²) in [6, 6.07) is 0.739. The van der Waals surface area contributed by atoms with E-state index in [2.05, 4.69) is 44.5 Å². The van der Waals surface area contributed by atoms with Crippen LogP contribution in [-0.2, 0) is 0 Å². The fourth-order valence-electron chi connectivity index (χ4n) is 1.87. The van der Waals surface area contributed by atoms with Crippen LogP contribution in [0.25, 0.3) is 0 Å². The van der Waals surface area contributed by atoms with Gasteiger partial charge in [-0.15, -0.1) is 0 Å². The molecule has 1 fully saturated rings. The Morgan fingerprint density at radius 3 is 2.54 bits per heavy atom. The summed E-state index contributed by atoms with van der Waals surface area (Å²) < 4.78 is 0. The van der Waals surface area contributed by atoms with Gasteiger partial charge in [-0.1, -0.05) is 6.92 Å². The van der Waals surface area contributed by atoms with E-state index < -0.39 is 0 Å². The summed E-state index contributed by atoms with van der Waals surface area (Å²) in [6.45, 7) is 7.49. The molecule has 2 nitrogen and oxygen atoms in total. The van der Waals surface area contributed by atoms with Gasteiger partial charge in [-0.25, -0.2) is 0 Å². The molecule has 1 heterocycles. The van der Waals surface area contributed by atoms with Gasteiger partial charge in [0.1, 0.15) is 0 Å². The normalized spacial score (nSPS) is 30.0. The van der Waals surface area contributed by atoms with Gasteiger partial charge in [0.2, 0.25) is 0 Å². The van der Waals surface area contributed by atoms with E-state index >= 15 is 0 Å². The Balaban J connectivity index is 2.36. The molecule has 0 spiro atoms. The second kappa shape index (κ2) is 4.20. The quantitative estimate of drug-likeness (QED) is 0.753. The molecule has 0 saturated carbocycles. The average Bonchev–Trinajstić information content (AvgIpc) is 2.31. The molecular formula is C10H22N2S. The van der Waals surface area contributed by atoms with E-state index in [1.807, 2.05) is 0 Å². The molecule has 13 heavy (non-hydrogen) atoms. The lowest BCUT2D eigenvalue weighted by Gasteiger charge is -2.30. The number of hydrogen-bond donors (Lipinski definition) is 1. The van der Waals surface area contributed by atoms with Gasteiger partial charge < -0.3 is 10.6 Å². The molecule has 78 valence electrons. The number of nitrogens with zero attached hydrogens (tertiary/aromatic N) is 1. The van der Waals surface area contributed by atoms with Crippen molar-refractivity contribution in [2.75, 3.05) is 19.3 Å². The lowest BCUT2D eigenvalue weighted by molar-refractivity contribution is 0.213. The van der Waals surface area contributed by atoms with E-state index in [0.717, 1.165) is 17.8 Å². The standard InChI is InChI=1S/C10H22N2S/c1-8-5-9(6-13-8)12(4)7-10(2,3)11/h8-9H,5-7,11H2,1-4H3. The molecule has 2 unspecified atom stereocenters. The lowest BCUT2D eigenvalue weighted by Crippen LogP contribution is -2.47. The van der Waals surface area contributed by atoms with E-state index in [0.29, 0.717) is 0 Å². The van der Waals surface area contributed by atoms with Gasteiger partial charge in [0.05, 0.1) is 0 Å². The van der Waals surface area contributed by atoms with Gasteiger partial charge in [0.15, 0.2) is 0 Å². The predicted octanol–water partition coefficient (Wildman–Crippen LogP) is 1.55. The van der Waals surface area contributed by atoms with Crippen molar-refractivity contribution in [1.29, 1.82) is 0 Å². The molecule has 0 aromatic heterocycles. The maximum absolute atomic E-state index is 5.99. The third-order valence-corrected chi connectivity index (χ3v) is 3.80. The van der Waals surface area contributed by atoms with Gasteiger partial charge in [0.25, 0.3) is 0 Å². The molecule has 0 radical (unpaired) electrons. The van der Waals surface area contributed by atoms with Gasteiger partial charge in [-0.05, 0) is 27.3 Å². The first-order chi connectivity index (χ1) is 5.88. The van der Waals surface area contributed by atoms with Crippen LogP contribution < -0.4 is 5.73 Å². The highest BCUT2D eigenvalue weighted by Gasteiger charge is 2.27. The van der Waals surface area contributed by atoms with Crippen LogP contribution in [0.3, 0.4) is 0 Å². The zero-order chi connectivity index (χ0) is 10.1. The third kappa shape index (κ3) is 3.88. The lowest BCUT2D eigenvalue weighted by atomic mass is 10.1. The fraction of sp³-hybridized carbons (Fsp3) is 1.00. The number of rotatable bonds is 3. The Bertz CT molecular complexity index is 165. The Labute approximate surface area is 86.2 Å². The molecule has 0 aromatic rings. The minimum absolute atomic E-state index is 0.0642. The van der Waals surface area contributed by atoms with E-state index in [-0.39, 0.29) is 5.54 Å². The minimum atomic E-state index is -0.0642. The molecule has 1 aliphatic rings. The fourth-order valence-corrected chi connectivity index (χ4v) is 3.17. The Morgan fingerprint density at radius 2 is 2.15 bits per heavy atom. The first-order valence-electron chi connectivity index (χ1n) is 4.99. The van der Waals surface area contributed by atoms with E-state index in [1.165, 1.54) is 12.2 Å². The second-order valence-electron chi connectivity index (χ2n) is 4.94. The molecular weight excluding hydrogens is 180 g/mol. The Kier molecular flexibility index (Phi) is 3.66. The average molecular weight is 202 g/mol. The predicted molar refractivity (Wildman–Crippen MR) is 61.2 cm³/mol. The summed E-state index contributed by atoms with van der Waals surface area (Å²) in [5.41, 5.74) is 5.93. The van der Waals surface area contributed by atoms with Crippen LogP contribution in [0.4, 0.5) is 0 Å². The number of nitrogens with two attached hydrogens (primary N) is 1. The smallest absolute Gasteiger partial charge is 0.0226 e. The first kappa shape index (κ1) is 11.3. The van der Waals surface area contributed by atoms with Crippen LogP contribution in [0.5, 0.6) is 0 Å². The zero-order valence-corrected chi connectivity index (χ0v) is 10.0. The summed E-state index contributed by atoms with van der Waals surface area (Å²) in [6.07, 6.45) is 1.32. The van der Waals surface area contributed by atoms with E-state index in [9.17, 15) is 0 Å². The van der Waals surface area contributed by atoms with Crippen LogP contribution in [0.2, 0.25) is 0 Å². The summed E-state index contributed by atoms with van der Waals surface area (Å²) in [4.78, 5) is 2.41. The monoisotopic (exact) mass is 202 g/mol. The summed E-state index contributed by atoms with van der Waals surface area (Å²) in [5, 5.41) is 0.827. The highest BCUT2D eigenvalue weighted by atomic mass is 32.2. The van der Waals surface area contributed by atoms with Crippen molar-refractivity contribution in [3.8, 4) is 0 Å². The molecule has 0 amide bonds. The summed E-state index contributed by atoms with van der Waals surface area (Å²) in [7, 11) is 2.19. The van der Waals surface area contributed by atoms with Crippen molar-refractivity contribution in [3.05, 3.63) is 0 Å². The van der Waals surface area contributed by atoms with Gasteiger partial charge in [0, 0.05) is 29.1 Å². The molecule has 3 heteroatoms. The maximum atomic E-state index is 5.99. The van der Waals surface area contributed by atoms with Crippen molar-refractivity contribution < 1.29 is 0 Å². The van der Waals surface area contributed by atoms with Gasteiger partial charge in [-0.2, -0.15) is 11.8 Å². The molecule has 1 saturated heterocycles. The highest BCUT2D eigenvalue weighted by Crippen LogP contribution is 2.29. The molecule has 0 aliphatic carbocycles. The molecule has 2 N–H and O–H groups in total. The minimum Gasteiger partial charge on any atom is -0.324 e. The number of thioether (sulfide) groups is 1. The molecule has 0 bridgehead atoms. The SMILES string of the molecule is CC1CC(N(C)CC(C)(C)N)CS1. The number of hydrogen-bond acceptors (Lipinski definition) is 3. The summed E-state index contributed by atoms with van der Waals surface area (Å²) >= 11 is 2.08. The van der Waals surface area contributed by atoms with Crippen molar-refractivity contribution in [2.45, 2.75) is 44.0 Å². The largest absolute Gasteiger partial charge is 0.324 e. The topological polar surface area (TPSA) is 29.3 Å². The zero-order valence-electron chi connectivity index (χ0n) is 9.21. The molecule has 1 aliphatic heterocycles. The van der Waals surface area contributed by atoms with Crippen molar-refractivity contribution in [3.63, 3.8) is 0 Å². The van der Waals surface area contributed by atoms with Crippen molar-refractivity contribution in [2.24, 2.45) is 5.73 Å². The van der Waals surface area contributed by atoms with Crippen LogP contribution in [0.1, 0.15) is 27.2 Å². The van der Waals surface area contributed by atoms with Gasteiger partial charge >= 0.3 is 0 Å². The molecule has 1 rings (SSSR count). The Hall–Kier alpha value is 0.270. The molecule has 0 aromatic carbocycles. The van der Waals surface area contributed by atoms with Crippen molar-refractivity contribution in [1.82, 2.24) is 4.90 Å². The van der Waals surface area contributed by atoms with Crippen LogP contribution in [-0.4, -0.2) is 41.1 Å². The van der Waals surface area contributed by atoms with Gasteiger partial charge in [-0.3, -0.25) is 0 Å². The van der Waals surface area contributed by atoms with E-state index in [4.69, 9.17) is 5.73 Å². The molecule has 2 atom stereocenters. The highest BCUT2D eigenvalue weighted by molar-refractivity contribution is 8.00. The van der Waals surface area contributed by atoms with Crippen LogP contribution >= 0.6 is 11.8 Å². The van der Waals surface area contributed by atoms with Crippen molar-refractivity contribution >= 4 is 11.8 Å².